The van der Waals surface area contributed by atoms with E-state index < -0.39 is 0 Å². The standard InChI is InChI=1S/C8H18N/c1-5-8(4)9-6-7(2)3/h8-9H,5-6H2,1-4H3. The van der Waals surface area contributed by atoms with Gasteiger partial charge in [0, 0.05) is 12.6 Å². The van der Waals surface area contributed by atoms with Crippen LogP contribution in [-0.2, 0) is 0 Å². The smallest absolute Gasteiger partial charge is 0.00363 e. The Hall–Kier alpha value is -0.0400. The second-order valence-electron chi connectivity index (χ2n) is 2.90. The van der Waals surface area contributed by atoms with E-state index in [1.165, 1.54) is 12.3 Å². The lowest BCUT2D eigenvalue weighted by Crippen LogP contribution is -2.28. The van der Waals surface area contributed by atoms with Crippen LogP contribution in [-0.4, -0.2) is 12.6 Å². The fourth-order valence-corrected chi connectivity index (χ4v) is 0.523. The van der Waals surface area contributed by atoms with E-state index in [2.05, 4.69) is 33.0 Å². The second-order valence-corrected chi connectivity index (χ2v) is 2.90. The summed E-state index contributed by atoms with van der Waals surface area (Å²) in [5.74, 6) is 1.45. The van der Waals surface area contributed by atoms with Crippen LogP contribution < -0.4 is 5.32 Å². The molecule has 0 bridgehead atoms. The van der Waals surface area contributed by atoms with Crippen molar-refractivity contribution in [1.29, 1.82) is 0 Å². The minimum Gasteiger partial charge on any atom is -0.314 e. The molecule has 0 aliphatic carbocycles. The van der Waals surface area contributed by atoms with Gasteiger partial charge in [-0.25, -0.2) is 0 Å². The van der Waals surface area contributed by atoms with Crippen LogP contribution in [0.15, 0.2) is 0 Å². The first-order valence-corrected chi connectivity index (χ1v) is 3.69. The fourth-order valence-electron chi connectivity index (χ4n) is 0.523. The summed E-state index contributed by atoms with van der Waals surface area (Å²) in [5.41, 5.74) is 0. The average molecular weight is 128 g/mol. The van der Waals surface area contributed by atoms with Gasteiger partial charge in [-0.1, -0.05) is 20.8 Å². The number of hydrogen-bond acceptors (Lipinski definition) is 1. The van der Waals surface area contributed by atoms with Gasteiger partial charge in [-0.15, -0.1) is 0 Å². The normalized spacial score (nSPS) is 14.3. The van der Waals surface area contributed by atoms with Crippen molar-refractivity contribution in [3.05, 3.63) is 5.92 Å². The van der Waals surface area contributed by atoms with Gasteiger partial charge < -0.3 is 5.32 Å². The molecule has 1 nitrogen and oxygen atoms in total. The molecule has 0 saturated carbocycles. The van der Waals surface area contributed by atoms with Crippen LogP contribution >= 0.6 is 0 Å². The van der Waals surface area contributed by atoms with Gasteiger partial charge in [-0.3, -0.25) is 0 Å². The summed E-state index contributed by atoms with van der Waals surface area (Å²) in [6.45, 7) is 9.77. The predicted molar refractivity (Wildman–Crippen MR) is 42.3 cm³/mol. The first-order chi connectivity index (χ1) is 4.16. The molecule has 0 aliphatic rings. The molecule has 1 heteroatoms. The number of rotatable bonds is 4. The zero-order valence-electron chi connectivity index (χ0n) is 6.99. The van der Waals surface area contributed by atoms with Gasteiger partial charge in [-0.2, -0.15) is 0 Å². The summed E-state index contributed by atoms with van der Waals surface area (Å²) < 4.78 is 0. The quantitative estimate of drug-likeness (QED) is 0.610. The van der Waals surface area contributed by atoms with E-state index in [0.29, 0.717) is 6.04 Å². The van der Waals surface area contributed by atoms with E-state index in [-0.39, 0.29) is 0 Å². The van der Waals surface area contributed by atoms with Crippen molar-refractivity contribution in [3.8, 4) is 0 Å². The Balaban J connectivity index is 3.06. The maximum Gasteiger partial charge on any atom is 0.00363 e. The van der Waals surface area contributed by atoms with Crippen LogP contribution in [0.4, 0.5) is 0 Å². The van der Waals surface area contributed by atoms with E-state index in [4.69, 9.17) is 0 Å². The molecule has 1 atom stereocenters. The Morgan fingerprint density at radius 1 is 1.44 bits per heavy atom. The molecule has 1 unspecified atom stereocenters. The van der Waals surface area contributed by atoms with Crippen molar-refractivity contribution >= 4 is 0 Å². The third-order valence-corrected chi connectivity index (χ3v) is 1.42. The average Bonchev–Trinajstić information content (AvgIpc) is 1.83. The van der Waals surface area contributed by atoms with E-state index in [0.717, 1.165) is 6.54 Å². The monoisotopic (exact) mass is 128 g/mol. The molecule has 1 radical (unpaired) electrons. The molecule has 0 aromatic carbocycles. The summed E-state index contributed by atoms with van der Waals surface area (Å²) in [7, 11) is 0. The molecular weight excluding hydrogens is 110 g/mol. The van der Waals surface area contributed by atoms with Crippen LogP contribution in [0.1, 0.15) is 34.1 Å². The summed E-state index contributed by atoms with van der Waals surface area (Å²) in [6, 6.07) is 0.667. The van der Waals surface area contributed by atoms with E-state index in [1.807, 2.05) is 0 Å². The molecule has 0 heterocycles. The molecule has 0 rings (SSSR count). The van der Waals surface area contributed by atoms with Crippen molar-refractivity contribution in [2.45, 2.75) is 40.2 Å². The van der Waals surface area contributed by atoms with Gasteiger partial charge in [0.05, 0.1) is 0 Å². The number of hydrogen-bond donors (Lipinski definition) is 1. The molecule has 0 aromatic rings. The van der Waals surface area contributed by atoms with Crippen LogP contribution in [0.25, 0.3) is 0 Å². The van der Waals surface area contributed by atoms with E-state index >= 15 is 0 Å². The Bertz CT molecular complexity index is 59.6. The molecule has 0 fully saturated rings. The molecule has 0 aromatic heterocycles. The van der Waals surface area contributed by atoms with Gasteiger partial charge in [-0.05, 0) is 19.3 Å². The number of nitrogens with one attached hydrogen (secondary N) is 1. The first kappa shape index (κ1) is 8.96. The summed E-state index contributed by atoms with van der Waals surface area (Å²) in [4.78, 5) is 0. The van der Waals surface area contributed by atoms with Crippen LogP contribution in [0, 0.1) is 5.92 Å². The Labute approximate surface area is 58.8 Å². The lowest BCUT2D eigenvalue weighted by molar-refractivity contribution is 0.544. The van der Waals surface area contributed by atoms with Gasteiger partial charge in [0.1, 0.15) is 0 Å². The van der Waals surface area contributed by atoms with Crippen LogP contribution in [0.3, 0.4) is 0 Å². The maximum atomic E-state index is 3.39. The highest BCUT2D eigenvalue weighted by Crippen LogP contribution is 1.93. The van der Waals surface area contributed by atoms with Crippen molar-refractivity contribution < 1.29 is 0 Å². The molecule has 0 spiro atoms. The summed E-state index contributed by atoms with van der Waals surface area (Å²) >= 11 is 0. The third-order valence-electron chi connectivity index (χ3n) is 1.42. The van der Waals surface area contributed by atoms with Crippen molar-refractivity contribution in [3.63, 3.8) is 0 Å². The Morgan fingerprint density at radius 3 is 2.33 bits per heavy atom. The van der Waals surface area contributed by atoms with Gasteiger partial charge in [0.25, 0.3) is 0 Å². The second kappa shape index (κ2) is 4.80. The predicted octanol–water partition coefficient (Wildman–Crippen LogP) is 1.99. The van der Waals surface area contributed by atoms with Crippen molar-refractivity contribution in [2.75, 3.05) is 6.54 Å². The highest BCUT2D eigenvalue weighted by atomic mass is 14.9. The molecule has 55 valence electrons. The van der Waals surface area contributed by atoms with Crippen molar-refractivity contribution in [1.82, 2.24) is 5.32 Å². The molecule has 0 amide bonds. The minimum absolute atomic E-state index is 0.667. The van der Waals surface area contributed by atoms with Crippen LogP contribution in [0.5, 0.6) is 0 Å². The molecular formula is C8H18N. The highest BCUT2D eigenvalue weighted by Gasteiger charge is 1.97. The van der Waals surface area contributed by atoms with E-state index in [9.17, 15) is 0 Å². The zero-order valence-corrected chi connectivity index (χ0v) is 6.99. The minimum atomic E-state index is 0.667. The van der Waals surface area contributed by atoms with Crippen LogP contribution in [0.2, 0.25) is 0 Å². The van der Waals surface area contributed by atoms with Gasteiger partial charge >= 0.3 is 0 Å². The first-order valence-electron chi connectivity index (χ1n) is 3.69. The van der Waals surface area contributed by atoms with E-state index in [1.54, 1.807) is 0 Å². The lowest BCUT2D eigenvalue weighted by atomic mass is 10.2. The maximum absolute atomic E-state index is 3.39. The molecule has 9 heavy (non-hydrogen) atoms. The third kappa shape index (κ3) is 5.84. The summed E-state index contributed by atoms with van der Waals surface area (Å²) in [6.07, 6.45) is 1.22. The molecule has 0 saturated heterocycles. The van der Waals surface area contributed by atoms with Gasteiger partial charge in [0.2, 0.25) is 0 Å². The Kier molecular flexibility index (Phi) is 4.78. The Morgan fingerprint density at radius 2 is 2.00 bits per heavy atom. The van der Waals surface area contributed by atoms with Crippen molar-refractivity contribution in [2.24, 2.45) is 0 Å². The SMILES string of the molecule is CCC(C)NC[C](C)C. The largest absolute Gasteiger partial charge is 0.314 e. The zero-order chi connectivity index (χ0) is 7.28. The molecule has 1 N–H and O–H groups in total. The lowest BCUT2D eigenvalue weighted by Gasteiger charge is -2.12. The molecule has 0 aliphatic heterocycles. The highest BCUT2D eigenvalue weighted by molar-refractivity contribution is 4.80. The topological polar surface area (TPSA) is 12.0 Å². The fraction of sp³-hybridized carbons (Fsp3) is 0.875. The summed E-state index contributed by atoms with van der Waals surface area (Å²) in [5, 5.41) is 3.39. The van der Waals surface area contributed by atoms with Gasteiger partial charge in [0.15, 0.2) is 0 Å².